The molecule has 2 amide bonds. The molecule has 0 fully saturated rings. The highest BCUT2D eigenvalue weighted by molar-refractivity contribution is 6.31. The molecule has 4 rings (SSSR count). The number of aromatic nitrogens is 2. The first-order chi connectivity index (χ1) is 15.3. The van der Waals surface area contributed by atoms with Crippen LogP contribution >= 0.6 is 11.6 Å². The van der Waals surface area contributed by atoms with Gasteiger partial charge in [-0.2, -0.15) is 13.2 Å². The summed E-state index contributed by atoms with van der Waals surface area (Å²) in [4.78, 5) is 20.5. The van der Waals surface area contributed by atoms with Gasteiger partial charge >= 0.3 is 12.2 Å². The molecule has 1 aliphatic rings. The molecule has 32 heavy (non-hydrogen) atoms. The van der Waals surface area contributed by atoms with E-state index in [0.29, 0.717) is 41.9 Å². The summed E-state index contributed by atoms with van der Waals surface area (Å²) in [6.45, 7) is 1.14. The summed E-state index contributed by atoms with van der Waals surface area (Å²) in [6.07, 6.45) is -3.22. The Bertz CT molecular complexity index is 1140. The summed E-state index contributed by atoms with van der Waals surface area (Å²) in [6, 6.07) is 9.07. The van der Waals surface area contributed by atoms with Gasteiger partial charge in [-0.3, -0.25) is 0 Å². The van der Waals surface area contributed by atoms with E-state index in [2.05, 4.69) is 31.2 Å². The van der Waals surface area contributed by atoms with Crippen LogP contribution in [0, 0.1) is 0 Å². The van der Waals surface area contributed by atoms with Crippen molar-refractivity contribution < 1.29 is 22.7 Å². The number of alkyl halides is 3. The van der Waals surface area contributed by atoms with Gasteiger partial charge in [-0.25, -0.2) is 14.8 Å². The van der Waals surface area contributed by atoms with E-state index in [-0.39, 0.29) is 5.69 Å². The molecule has 12 heteroatoms. The lowest BCUT2D eigenvalue weighted by atomic mass is 10.2. The Morgan fingerprint density at radius 1 is 1.03 bits per heavy atom. The molecular weight excluding hydrogens is 449 g/mol. The van der Waals surface area contributed by atoms with Crippen molar-refractivity contribution in [2.45, 2.75) is 6.18 Å². The number of nitrogens with one attached hydrogen (secondary N) is 4. The van der Waals surface area contributed by atoms with E-state index in [0.717, 1.165) is 12.1 Å². The first kappa shape index (κ1) is 21.5. The Balaban J connectivity index is 1.40. The van der Waals surface area contributed by atoms with E-state index in [1.165, 1.54) is 12.4 Å². The molecule has 166 valence electrons. The molecular formula is C20H16ClF3N6O2. The van der Waals surface area contributed by atoms with Crippen molar-refractivity contribution in [2.75, 3.05) is 34.4 Å². The first-order valence-electron chi connectivity index (χ1n) is 9.33. The normalized spacial score (nSPS) is 12.8. The maximum absolute atomic E-state index is 13.0. The third kappa shape index (κ3) is 4.94. The summed E-state index contributed by atoms with van der Waals surface area (Å²) in [5.41, 5.74) is 0.0392. The van der Waals surface area contributed by atoms with Crippen LogP contribution in [-0.2, 0) is 6.18 Å². The molecule has 0 radical (unpaired) electrons. The Morgan fingerprint density at radius 2 is 1.72 bits per heavy atom. The Kier molecular flexibility index (Phi) is 5.91. The number of hydrogen-bond donors (Lipinski definition) is 4. The third-order valence-electron chi connectivity index (χ3n) is 4.38. The number of nitrogens with zero attached hydrogens (tertiary/aromatic N) is 2. The average Bonchev–Trinajstić information content (AvgIpc) is 2.76. The molecule has 0 saturated carbocycles. The molecule has 0 saturated heterocycles. The van der Waals surface area contributed by atoms with Gasteiger partial charge in [-0.15, -0.1) is 0 Å². The Hall–Kier alpha value is -3.73. The molecule has 0 spiro atoms. The second-order valence-corrected chi connectivity index (χ2v) is 7.06. The molecule has 8 nitrogen and oxygen atoms in total. The quantitative estimate of drug-likeness (QED) is 0.416. The second-order valence-electron chi connectivity index (χ2n) is 6.65. The lowest BCUT2D eigenvalue weighted by Gasteiger charge is -2.20. The van der Waals surface area contributed by atoms with E-state index in [1.54, 1.807) is 24.3 Å². The lowest BCUT2D eigenvalue weighted by Crippen LogP contribution is -2.20. The fourth-order valence-electron chi connectivity index (χ4n) is 2.94. The molecule has 2 aromatic carbocycles. The van der Waals surface area contributed by atoms with Crippen LogP contribution < -0.4 is 26.0 Å². The van der Waals surface area contributed by atoms with Crippen molar-refractivity contribution in [1.82, 2.24) is 9.97 Å². The SMILES string of the molecule is O=C(Nc1ccc(Nc2ncnc3c2OCCN3)cc1)Nc1ccc(Cl)c(C(F)(F)F)c1. The number of urea groups is 1. The molecule has 1 aliphatic heterocycles. The third-order valence-corrected chi connectivity index (χ3v) is 4.71. The zero-order valence-electron chi connectivity index (χ0n) is 16.3. The minimum atomic E-state index is -4.63. The fourth-order valence-corrected chi connectivity index (χ4v) is 3.16. The van der Waals surface area contributed by atoms with Crippen molar-refractivity contribution in [3.8, 4) is 5.75 Å². The number of carbonyl (C=O) groups excluding carboxylic acids is 1. The van der Waals surface area contributed by atoms with Gasteiger partial charge in [0, 0.05) is 17.1 Å². The van der Waals surface area contributed by atoms with Crippen molar-refractivity contribution in [2.24, 2.45) is 0 Å². The predicted octanol–water partition coefficient (Wildman–Crippen LogP) is 5.34. The average molecular weight is 465 g/mol. The zero-order chi connectivity index (χ0) is 22.7. The van der Waals surface area contributed by atoms with E-state index >= 15 is 0 Å². The Morgan fingerprint density at radius 3 is 2.47 bits per heavy atom. The van der Waals surface area contributed by atoms with Gasteiger partial charge in [0.15, 0.2) is 11.6 Å². The molecule has 2 heterocycles. The van der Waals surface area contributed by atoms with Crippen molar-refractivity contribution >= 4 is 46.3 Å². The van der Waals surface area contributed by atoms with E-state index in [4.69, 9.17) is 16.3 Å². The van der Waals surface area contributed by atoms with Gasteiger partial charge in [-0.05, 0) is 42.5 Å². The molecule has 0 atom stereocenters. The predicted molar refractivity (Wildman–Crippen MR) is 115 cm³/mol. The van der Waals surface area contributed by atoms with Crippen LogP contribution in [0.3, 0.4) is 0 Å². The highest BCUT2D eigenvalue weighted by atomic mass is 35.5. The highest BCUT2D eigenvalue weighted by Gasteiger charge is 2.33. The highest BCUT2D eigenvalue weighted by Crippen LogP contribution is 2.36. The minimum absolute atomic E-state index is 0.0420. The number of benzene rings is 2. The second kappa shape index (κ2) is 8.79. The van der Waals surface area contributed by atoms with Crippen LogP contribution in [0.1, 0.15) is 5.56 Å². The number of rotatable bonds is 4. The molecule has 4 N–H and O–H groups in total. The van der Waals surface area contributed by atoms with Gasteiger partial charge < -0.3 is 26.0 Å². The number of carbonyl (C=O) groups is 1. The summed E-state index contributed by atoms with van der Waals surface area (Å²) in [5, 5.41) is 10.7. The lowest BCUT2D eigenvalue weighted by molar-refractivity contribution is -0.137. The van der Waals surface area contributed by atoms with Gasteiger partial charge in [0.2, 0.25) is 5.75 Å². The number of hydrogen-bond acceptors (Lipinski definition) is 6. The number of halogens is 4. The smallest absolute Gasteiger partial charge is 0.417 e. The van der Waals surface area contributed by atoms with Gasteiger partial charge in [0.05, 0.1) is 17.1 Å². The summed E-state index contributed by atoms with van der Waals surface area (Å²) >= 11 is 5.59. The maximum Gasteiger partial charge on any atom is 0.417 e. The van der Waals surface area contributed by atoms with Crippen LogP contribution in [0.4, 0.5) is 46.7 Å². The number of fused-ring (bicyclic) bond motifs is 1. The fraction of sp³-hybridized carbons (Fsp3) is 0.150. The largest absolute Gasteiger partial charge is 0.485 e. The van der Waals surface area contributed by atoms with Crippen molar-refractivity contribution in [1.29, 1.82) is 0 Å². The van der Waals surface area contributed by atoms with E-state index in [1.807, 2.05) is 0 Å². The van der Waals surface area contributed by atoms with E-state index < -0.39 is 22.8 Å². The summed E-state index contributed by atoms with van der Waals surface area (Å²) in [5.74, 6) is 1.60. The summed E-state index contributed by atoms with van der Waals surface area (Å²) < 4.78 is 44.5. The molecule has 0 aliphatic carbocycles. The van der Waals surface area contributed by atoms with Crippen molar-refractivity contribution in [3.63, 3.8) is 0 Å². The van der Waals surface area contributed by atoms with Crippen LogP contribution in [0.2, 0.25) is 5.02 Å². The van der Waals surface area contributed by atoms with Gasteiger partial charge in [-0.1, -0.05) is 11.6 Å². The molecule has 0 unspecified atom stereocenters. The van der Waals surface area contributed by atoms with Crippen LogP contribution in [0.15, 0.2) is 48.8 Å². The molecule has 3 aromatic rings. The minimum Gasteiger partial charge on any atom is -0.485 e. The molecule has 1 aromatic heterocycles. The van der Waals surface area contributed by atoms with Gasteiger partial charge in [0.25, 0.3) is 0 Å². The topological polar surface area (TPSA) is 100 Å². The van der Waals surface area contributed by atoms with Crippen LogP contribution in [0.5, 0.6) is 5.75 Å². The number of amides is 2. The monoisotopic (exact) mass is 464 g/mol. The molecule has 0 bridgehead atoms. The van der Waals surface area contributed by atoms with E-state index in [9.17, 15) is 18.0 Å². The summed E-state index contributed by atoms with van der Waals surface area (Å²) in [7, 11) is 0. The van der Waals surface area contributed by atoms with Crippen LogP contribution in [-0.4, -0.2) is 29.2 Å². The maximum atomic E-state index is 13.0. The first-order valence-corrected chi connectivity index (χ1v) is 9.71. The van der Waals surface area contributed by atoms with Crippen molar-refractivity contribution in [3.05, 3.63) is 59.4 Å². The number of anilines is 5. The number of ether oxygens (including phenoxy) is 1. The van der Waals surface area contributed by atoms with Gasteiger partial charge in [0.1, 0.15) is 12.9 Å². The zero-order valence-corrected chi connectivity index (χ0v) is 17.0. The standard InChI is InChI=1S/C20H16ClF3N6O2/c21-15-6-5-13(9-14(15)20(22,23)24)30-19(31)29-12-3-1-11(2-4-12)28-18-16-17(26-10-27-18)25-7-8-32-16/h1-6,9-10H,7-8H2,(H2,29,30,31)(H2,25,26,27,28). The van der Waals surface area contributed by atoms with Crippen LogP contribution in [0.25, 0.3) is 0 Å². The Labute approximate surface area is 185 Å².